The predicted octanol–water partition coefficient (Wildman–Crippen LogP) is 3.82. The zero-order valence-electron chi connectivity index (χ0n) is 11.5. The topological polar surface area (TPSA) is 29.0 Å². The number of rotatable bonds is 6. The second-order valence-electron chi connectivity index (χ2n) is 5.43. The average Bonchev–Trinajstić information content (AvgIpc) is 3.12. The molecule has 1 aliphatic rings. The number of hydrogen-bond acceptors (Lipinski definition) is 3. The van der Waals surface area contributed by atoms with Crippen LogP contribution in [0.25, 0.3) is 0 Å². The Hall–Kier alpha value is -0.640. The number of hydrogen-bond donors (Lipinski definition) is 0. The summed E-state index contributed by atoms with van der Waals surface area (Å²) in [7, 11) is 0. The summed E-state index contributed by atoms with van der Waals surface area (Å²) in [6.07, 6.45) is 4.72. The molecule has 1 aromatic rings. The minimum atomic E-state index is 0.704. The number of nitrogens with zero attached hydrogens (tertiary/aromatic N) is 3. The zero-order valence-corrected chi connectivity index (χ0v) is 13.1. The average molecular weight is 312 g/mol. The molecule has 1 aliphatic carbocycles. The molecule has 0 aliphatic heterocycles. The molecular weight excluding hydrogens is 290 g/mol. The summed E-state index contributed by atoms with van der Waals surface area (Å²) in [5.41, 5.74) is 0. The molecule has 1 heterocycles. The first-order valence-corrected chi connectivity index (χ1v) is 7.69. The first kappa shape index (κ1) is 13.8. The third kappa shape index (κ3) is 3.67. The molecule has 0 N–H and O–H groups in total. The molecule has 0 atom stereocenters. The molecule has 0 radical (unpaired) electrons. The van der Waals surface area contributed by atoms with Gasteiger partial charge in [-0.05, 0) is 41.1 Å². The lowest BCUT2D eigenvalue weighted by Crippen LogP contribution is -2.29. The summed E-state index contributed by atoms with van der Waals surface area (Å²) in [6.45, 7) is 7.76. The van der Waals surface area contributed by atoms with Crippen molar-refractivity contribution in [1.82, 2.24) is 9.97 Å². The van der Waals surface area contributed by atoms with Gasteiger partial charge in [0.2, 0.25) is 0 Å². The van der Waals surface area contributed by atoms with E-state index in [0.717, 1.165) is 35.1 Å². The van der Waals surface area contributed by atoms with Crippen molar-refractivity contribution < 1.29 is 0 Å². The van der Waals surface area contributed by atoms with Gasteiger partial charge in [-0.2, -0.15) is 0 Å². The summed E-state index contributed by atoms with van der Waals surface area (Å²) in [5, 5.41) is 0. The maximum absolute atomic E-state index is 4.68. The van der Waals surface area contributed by atoms with Crippen molar-refractivity contribution in [1.29, 1.82) is 0 Å². The second-order valence-corrected chi connectivity index (χ2v) is 6.24. The predicted molar refractivity (Wildman–Crippen MR) is 78.9 cm³/mol. The van der Waals surface area contributed by atoms with Crippen LogP contribution in [0.3, 0.4) is 0 Å². The molecule has 1 fully saturated rings. The van der Waals surface area contributed by atoms with Crippen LogP contribution in [0, 0.1) is 5.92 Å². The van der Waals surface area contributed by atoms with E-state index in [2.05, 4.69) is 57.6 Å². The van der Waals surface area contributed by atoms with Crippen LogP contribution in [0.15, 0.2) is 10.7 Å². The lowest BCUT2D eigenvalue weighted by molar-refractivity contribution is 0.567. The maximum Gasteiger partial charge on any atom is 0.133 e. The summed E-state index contributed by atoms with van der Waals surface area (Å²) in [4.78, 5) is 11.5. The Kier molecular flexibility index (Phi) is 4.60. The van der Waals surface area contributed by atoms with Gasteiger partial charge in [0.1, 0.15) is 16.2 Å². The molecule has 1 aromatic heterocycles. The highest BCUT2D eigenvalue weighted by Gasteiger charge is 2.30. The van der Waals surface area contributed by atoms with Gasteiger partial charge in [0.25, 0.3) is 0 Å². The molecule has 3 nitrogen and oxygen atoms in total. The van der Waals surface area contributed by atoms with Crippen LogP contribution in [-0.2, 0) is 6.42 Å². The van der Waals surface area contributed by atoms with Crippen LogP contribution in [0.2, 0.25) is 0 Å². The van der Waals surface area contributed by atoms with Crippen molar-refractivity contribution >= 4 is 21.7 Å². The van der Waals surface area contributed by atoms with E-state index in [1.54, 1.807) is 0 Å². The van der Waals surface area contributed by atoms with E-state index < -0.39 is 0 Å². The van der Waals surface area contributed by atoms with Crippen LogP contribution in [-0.4, -0.2) is 22.6 Å². The minimum Gasteiger partial charge on any atom is -0.353 e. The molecule has 1 saturated carbocycles. The lowest BCUT2D eigenvalue weighted by atomic mass is 10.1. The molecule has 100 valence electrons. The number of halogens is 1. The normalized spacial score (nSPS) is 15.2. The smallest absolute Gasteiger partial charge is 0.133 e. The van der Waals surface area contributed by atoms with Gasteiger partial charge in [0, 0.05) is 25.1 Å². The van der Waals surface area contributed by atoms with Gasteiger partial charge in [-0.15, -0.1) is 0 Å². The largest absolute Gasteiger partial charge is 0.353 e. The second kappa shape index (κ2) is 6.00. The van der Waals surface area contributed by atoms with Crippen molar-refractivity contribution in [2.24, 2.45) is 5.92 Å². The summed E-state index contributed by atoms with van der Waals surface area (Å²) in [6, 6.07) is 2.76. The Balaban J connectivity index is 2.16. The summed E-state index contributed by atoms with van der Waals surface area (Å²) < 4.78 is 0.902. The van der Waals surface area contributed by atoms with Crippen LogP contribution >= 0.6 is 15.9 Å². The SMILES string of the molecule is CCc1nc(Br)cc(N(CCC(C)C)C2CC2)n1. The van der Waals surface area contributed by atoms with Crippen LogP contribution < -0.4 is 4.90 Å². The monoisotopic (exact) mass is 311 g/mol. The van der Waals surface area contributed by atoms with Crippen LogP contribution in [0.4, 0.5) is 5.82 Å². The Morgan fingerprint density at radius 1 is 1.39 bits per heavy atom. The van der Waals surface area contributed by atoms with Gasteiger partial charge >= 0.3 is 0 Å². The van der Waals surface area contributed by atoms with Crippen LogP contribution in [0.5, 0.6) is 0 Å². The quantitative estimate of drug-likeness (QED) is 0.748. The molecule has 0 saturated heterocycles. The molecule has 0 aromatic carbocycles. The van der Waals surface area contributed by atoms with Gasteiger partial charge in [-0.1, -0.05) is 20.8 Å². The Morgan fingerprint density at radius 2 is 2.11 bits per heavy atom. The van der Waals surface area contributed by atoms with Crippen molar-refractivity contribution in [2.75, 3.05) is 11.4 Å². The van der Waals surface area contributed by atoms with Crippen molar-refractivity contribution in [3.8, 4) is 0 Å². The lowest BCUT2D eigenvalue weighted by Gasteiger charge is -2.24. The molecule has 0 amide bonds. The molecule has 0 bridgehead atoms. The van der Waals surface area contributed by atoms with E-state index in [0.29, 0.717) is 6.04 Å². The third-order valence-electron chi connectivity index (χ3n) is 3.27. The molecule has 4 heteroatoms. The molecule has 0 unspecified atom stereocenters. The standard InChI is InChI=1S/C14H22BrN3/c1-4-13-16-12(15)9-14(17-13)18(11-5-6-11)8-7-10(2)3/h9-11H,4-8H2,1-3H3. The van der Waals surface area contributed by atoms with Crippen molar-refractivity contribution in [3.63, 3.8) is 0 Å². The van der Waals surface area contributed by atoms with Gasteiger partial charge in [-0.25, -0.2) is 9.97 Å². The fourth-order valence-corrected chi connectivity index (χ4v) is 2.43. The fourth-order valence-electron chi connectivity index (χ4n) is 2.02. The Labute approximate surface area is 118 Å². The first-order chi connectivity index (χ1) is 8.60. The number of aryl methyl sites for hydroxylation is 1. The molecule has 18 heavy (non-hydrogen) atoms. The van der Waals surface area contributed by atoms with Gasteiger partial charge < -0.3 is 4.90 Å². The van der Waals surface area contributed by atoms with Gasteiger partial charge in [0.05, 0.1) is 0 Å². The number of anilines is 1. The van der Waals surface area contributed by atoms with E-state index in [4.69, 9.17) is 0 Å². The Bertz CT molecular complexity index is 402. The highest BCUT2D eigenvalue weighted by Crippen LogP contribution is 2.32. The Morgan fingerprint density at radius 3 is 2.67 bits per heavy atom. The third-order valence-corrected chi connectivity index (χ3v) is 3.68. The van der Waals surface area contributed by atoms with E-state index in [1.807, 2.05) is 0 Å². The molecule has 2 rings (SSSR count). The first-order valence-electron chi connectivity index (χ1n) is 6.90. The minimum absolute atomic E-state index is 0.704. The van der Waals surface area contributed by atoms with Crippen molar-refractivity contribution in [3.05, 3.63) is 16.5 Å². The highest BCUT2D eigenvalue weighted by molar-refractivity contribution is 9.10. The van der Waals surface area contributed by atoms with E-state index >= 15 is 0 Å². The highest BCUT2D eigenvalue weighted by atomic mass is 79.9. The van der Waals surface area contributed by atoms with Gasteiger partial charge in [0.15, 0.2) is 0 Å². The molecule has 0 spiro atoms. The summed E-state index contributed by atoms with van der Waals surface area (Å²) >= 11 is 3.49. The van der Waals surface area contributed by atoms with Gasteiger partial charge in [-0.3, -0.25) is 0 Å². The van der Waals surface area contributed by atoms with Crippen LogP contribution in [0.1, 0.15) is 45.9 Å². The maximum atomic E-state index is 4.68. The van der Waals surface area contributed by atoms with E-state index in [9.17, 15) is 0 Å². The van der Waals surface area contributed by atoms with E-state index in [-0.39, 0.29) is 0 Å². The summed E-state index contributed by atoms with van der Waals surface area (Å²) in [5.74, 6) is 2.76. The fraction of sp³-hybridized carbons (Fsp3) is 0.714. The van der Waals surface area contributed by atoms with Crippen molar-refractivity contribution in [2.45, 2.75) is 52.5 Å². The number of aromatic nitrogens is 2. The van der Waals surface area contributed by atoms with E-state index in [1.165, 1.54) is 19.3 Å². The molecular formula is C14H22BrN3. The zero-order chi connectivity index (χ0) is 13.1.